The number of aromatic nitrogens is 1. The Balaban J connectivity index is 2.27. The Hall–Kier alpha value is -1.13. The van der Waals surface area contributed by atoms with Crippen LogP contribution in [0, 0.1) is 6.92 Å². The van der Waals surface area contributed by atoms with Gasteiger partial charge >= 0.3 is 0 Å². The summed E-state index contributed by atoms with van der Waals surface area (Å²) >= 11 is 0. The van der Waals surface area contributed by atoms with Crippen LogP contribution in [0.25, 0.3) is 0 Å². The molecule has 2 heterocycles. The maximum atomic E-state index is 9.18. The number of anilines is 1. The molecule has 0 aliphatic carbocycles. The summed E-state index contributed by atoms with van der Waals surface area (Å²) in [6.45, 7) is 6.49. The Morgan fingerprint density at radius 3 is 3.06 bits per heavy atom. The minimum absolute atomic E-state index is 0.0646. The van der Waals surface area contributed by atoms with Gasteiger partial charge in [-0.05, 0) is 31.5 Å². The highest BCUT2D eigenvalue weighted by atomic mass is 16.5. The average Bonchev–Trinajstić information content (AvgIpc) is 2.28. The van der Waals surface area contributed by atoms with E-state index in [1.54, 1.807) is 0 Å². The molecule has 0 spiro atoms. The molecule has 4 heteroatoms. The second kappa shape index (κ2) is 4.80. The highest BCUT2D eigenvalue weighted by Crippen LogP contribution is 2.19. The summed E-state index contributed by atoms with van der Waals surface area (Å²) in [5.74, 6) is 0.944. The van der Waals surface area contributed by atoms with E-state index in [9.17, 15) is 5.11 Å². The van der Waals surface area contributed by atoms with Crippen LogP contribution in [-0.2, 0) is 11.3 Å². The van der Waals surface area contributed by atoms with Crippen LogP contribution in [0.5, 0.6) is 0 Å². The zero-order valence-corrected chi connectivity index (χ0v) is 9.81. The van der Waals surface area contributed by atoms with E-state index in [4.69, 9.17) is 4.74 Å². The van der Waals surface area contributed by atoms with Crippen LogP contribution in [0.4, 0.5) is 5.82 Å². The zero-order chi connectivity index (χ0) is 11.5. The van der Waals surface area contributed by atoms with Gasteiger partial charge in [-0.2, -0.15) is 0 Å². The fourth-order valence-corrected chi connectivity index (χ4v) is 2.03. The van der Waals surface area contributed by atoms with Gasteiger partial charge < -0.3 is 14.7 Å². The number of hydrogen-bond acceptors (Lipinski definition) is 4. The van der Waals surface area contributed by atoms with E-state index in [0.29, 0.717) is 6.04 Å². The molecule has 0 radical (unpaired) electrons. The van der Waals surface area contributed by atoms with Gasteiger partial charge in [0.05, 0.1) is 25.9 Å². The quantitative estimate of drug-likeness (QED) is 0.814. The van der Waals surface area contributed by atoms with E-state index in [1.807, 2.05) is 19.1 Å². The van der Waals surface area contributed by atoms with Crippen LogP contribution in [-0.4, -0.2) is 35.9 Å². The molecule has 1 aliphatic rings. The molecule has 1 aromatic rings. The summed E-state index contributed by atoms with van der Waals surface area (Å²) < 4.78 is 5.40. The van der Waals surface area contributed by atoms with E-state index < -0.39 is 0 Å². The largest absolute Gasteiger partial charge is 0.392 e. The number of hydrogen-bond donors (Lipinski definition) is 1. The van der Waals surface area contributed by atoms with Crippen LogP contribution < -0.4 is 4.90 Å². The van der Waals surface area contributed by atoms with Crippen molar-refractivity contribution in [1.82, 2.24) is 4.98 Å². The van der Waals surface area contributed by atoms with Crippen molar-refractivity contribution in [2.75, 3.05) is 24.7 Å². The van der Waals surface area contributed by atoms with Gasteiger partial charge in [-0.25, -0.2) is 4.98 Å². The lowest BCUT2D eigenvalue weighted by atomic mass is 10.2. The first-order chi connectivity index (χ1) is 7.70. The predicted octanol–water partition coefficient (Wildman–Crippen LogP) is 1.11. The van der Waals surface area contributed by atoms with Crippen LogP contribution in [0.1, 0.15) is 18.2 Å². The molecular formula is C12H18N2O2. The molecule has 88 valence electrons. The van der Waals surface area contributed by atoms with Crippen molar-refractivity contribution in [3.8, 4) is 0 Å². The van der Waals surface area contributed by atoms with Crippen LogP contribution in [0.2, 0.25) is 0 Å². The Morgan fingerprint density at radius 1 is 1.56 bits per heavy atom. The predicted molar refractivity (Wildman–Crippen MR) is 62.5 cm³/mol. The van der Waals surface area contributed by atoms with E-state index in [1.165, 1.54) is 0 Å². The van der Waals surface area contributed by atoms with Gasteiger partial charge in [-0.3, -0.25) is 0 Å². The van der Waals surface area contributed by atoms with E-state index >= 15 is 0 Å². The van der Waals surface area contributed by atoms with Gasteiger partial charge in [0.15, 0.2) is 0 Å². The number of rotatable bonds is 2. The normalized spacial score (nSPS) is 21.2. The third-order valence-electron chi connectivity index (χ3n) is 2.84. The molecule has 2 rings (SSSR count). The summed E-state index contributed by atoms with van der Waals surface area (Å²) in [6.07, 6.45) is 0. The number of morpholine rings is 1. The SMILES string of the molecule is Cc1cc(CO)cc(N2CCOCC2C)n1. The number of aliphatic hydroxyl groups excluding tert-OH is 1. The first-order valence-electron chi connectivity index (χ1n) is 5.63. The van der Waals surface area contributed by atoms with Gasteiger partial charge in [-0.1, -0.05) is 0 Å². The average molecular weight is 222 g/mol. The van der Waals surface area contributed by atoms with Crippen molar-refractivity contribution in [3.05, 3.63) is 23.4 Å². The van der Waals surface area contributed by atoms with Crippen molar-refractivity contribution >= 4 is 5.82 Å². The maximum Gasteiger partial charge on any atom is 0.129 e. The molecule has 1 atom stereocenters. The van der Waals surface area contributed by atoms with Crippen LogP contribution >= 0.6 is 0 Å². The highest BCUT2D eigenvalue weighted by Gasteiger charge is 2.20. The van der Waals surface area contributed by atoms with Crippen molar-refractivity contribution in [1.29, 1.82) is 0 Å². The highest BCUT2D eigenvalue weighted by molar-refractivity contribution is 5.43. The van der Waals surface area contributed by atoms with Crippen molar-refractivity contribution in [3.63, 3.8) is 0 Å². The number of aliphatic hydroxyl groups is 1. The summed E-state index contributed by atoms with van der Waals surface area (Å²) in [4.78, 5) is 6.75. The summed E-state index contributed by atoms with van der Waals surface area (Å²) in [5.41, 5.74) is 1.86. The topological polar surface area (TPSA) is 45.6 Å². The number of ether oxygens (including phenoxy) is 1. The lowest BCUT2D eigenvalue weighted by Gasteiger charge is -2.34. The van der Waals surface area contributed by atoms with E-state index in [-0.39, 0.29) is 6.61 Å². The Labute approximate surface area is 95.9 Å². The van der Waals surface area contributed by atoms with Crippen molar-refractivity contribution < 1.29 is 9.84 Å². The van der Waals surface area contributed by atoms with Gasteiger partial charge in [0.1, 0.15) is 5.82 Å². The van der Waals surface area contributed by atoms with Crippen LogP contribution in [0.15, 0.2) is 12.1 Å². The van der Waals surface area contributed by atoms with Gasteiger partial charge in [0.2, 0.25) is 0 Å². The summed E-state index contributed by atoms with van der Waals surface area (Å²) in [6, 6.07) is 4.21. The third kappa shape index (κ3) is 2.33. The van der Waals surface area contributed by atoms with E-state index in [2.05, 4.69) is 16.8 Å². The molecular weight excluding hydrogens is 204 g/mol. The van der Waals surface area contributed by atoms with Gasteiger partial charge in [0, 0.05) is 12.2 Å². The molecule has 16 heavy (non-hydrogen) atoms. The lowest BCUT2D eigenvalue weighted by Crippen LogP contribution is -2.44. The molecule has 1 unspecified atom stereocenters. The first-order valence-corrected chi connectivity index (χ1v) is 5.63. The molecule has 0 bridgehead atoms. The molecule has 1 saturated heterocycles. The fraction of sp³-hybridized carbons (Fsp3) is 0.583. The lowest BCUT2D eigenvalue weighted by molar-refractivity contribution is 0.0985. The number of nitrogens with zero attached hydrogens (tertiary/aromatic N) is 2. The molecule has 1 fully saturated rings. The van der Waals surface area contributed by atoms with E-state index in [0.717, 1.165) is 36.8 Å². The Bertz CT molecular complexity index is 368. The molecule has 0 saturated carbocycles. The minimum atomic E-state index is 0.0646. The van der Waals surface area contributed by atoms with Crippen molar-refractivity contribution in [2.45, 2.75) is 26.5 Å². The van der Waals surface area contributed by atoms with Gasteiger partial charge in [-0.15, -0.1) is 0 Å². The molecule has 1 N–H and O–H groups in total. The summed E-state index contributed by atoms with van der Waals surface area (Å²) in [7, 11) is 0. The molecule has 0 aromatic carbocycles. The standard InChI is InChI=1S/C12H18N2O2/c1-9-5-11(7-15)6-12(13-9)14-3-4-16-8-10(14)2/h5-6,10,15H,3-4,7-8H2,1-2H3. The third-order valence-corrected chi connectivity index (χ3v) is 2.84. The monoisotopic (exact) mass is 222 g/mol. The molecule has 4 nitrogen and oxygen atoms in total. The Morgan fingerprint density at radius 2 is 2.38 bits per heavy atom. The Kier molecular flexibility index (Phi) is 3.41. The fourth-order valence-electron chi connectivity index (χ4n) is 2.03. The second-order valence-electron chi connectivity index (χ2n) is 4.25. The molecule has 0 amide bonds. The molecule has 1 aliphatic heterocycles. The maximum absolute atomic E-state index is 9.18. The minimum Gasteiger partial charge on any atom is -0.392 e. The second-order valence-corrected chi connectivity index (χ2v) is 4.25. The van der Waals surface area contributed by atoms with Gasteiger partial charge in [0.25, 0.3) is 0 Å². The molecule has 1 aromatic heterocycles. The first kappa shape index (κ1) is 11.4. The van der Waals surface area contributed by atoms with Crippen LogP contribution in [0.3, 0.4) is 0 Å². The summed E-state index contributed by atoms with van der Waals surface area (Å²) in [5, 5.41) is 9.18. The number of aryl methyl sites for hydroxylation is 1. The zero-order valence-electron chi connectivity index (χ0n) is 9.81. The van der Waals surface area contributed by atoms with Crippen molar-refractivity contribution in [2.24, 2.45) is 0 Å². The smallest absolute Gasteiger partial charge is 0.129 e. The number of pyridine rings is 1.